The van der Waals surface area contributed by atoms with Crippen molar-refractivity contribution in [1.82, 2.24) is 9.80 Å². The van der Waals surface area contributed by atoms with E-state index in [0.29, 0.717) is 5.75 Å². The fourth-order valence-corrected chi connectivity index (χ4v) is 5.80. The van der Waals surface area contributed by atoms with E-state index in [-0.39, 0.29) is 13.2 Å². The number of halogens is 1. The van der Waals surface area contributed by atoms with Crippen molar-refractivity contribution in [3.05, 3.63) is 66.2 Å². The Labute approximate surface area is 195 Å². The van der Waals surface area contributed by atoms with Crippen LogP contribution in [0.3, 0.4) is 0 Å². The van der Waals surface area contributed by atoms with E-state index in [1.165, 1.54) is 16.7 Å². The number of carbonyl (C=O) groups is 3. The number of hydrogen-bond donors (Lipinski definition) is 0. The molecule has 0 bridgehead atoms. The number of alkyl halides is 1. The first-order valence-electron chi connectivity index (χ1n) is 10.6. The molecule has 174 valence electrons. The van der Waals surface area contributed by atoms with Gasteiger partial charge in [-0.1, -0.05) is 48.5 Å². The number of nitrogens with zero attached hydrogens (tertiary/aromatic N) is 2. The zero-order valence-corrected chi connectivity index (χ0v) is 19.2. The molecule has 0 radical (unpaired) electrons. The number of β-lactam (4-membered cyclic amide) rings is 1. The number of esters is 1. The summed E-state index contributed by atoms with van der Waals surface area (Å²) in [6.45, 7) is 2.27. The average molecular weight is 473 g/mol. The van der Waals surface area contributed by atoms with Gasteiger partial charge in [-0.2, -0.15) is 0 Å². The third-order valence-corrected chi connectivity index (χ3v) is 7.31. The molecule has 33 heavy (non-hydrogen) atoms. The van der Waals surface area contributed by atoms with Crippen LogP contribution in [0.2, 0.25) is 0 Å². The second-order valence-electron chi connectivity index (χ2n) is 8.38. The predicted octanol–water partition coefficient (Wildman–Crippen LogP) is 3.00. The van der Waals surface area contributed by atoms with Crippen LogP contribution in [-0.4, -0.2) is 63.2 Å². The lowest BCUT2D eigenvalue weighted by atomic mass is 9.95. The molecule has 2 amide bonds. The van der Waals surface area contributed by atoms with Crippen LogP contribution >= 0.6 is 11.8 Å². The number of ether oxygens (including phenoxy) is 2. The SMILES string of the molecule is CC1(C)S[C@@H]2[C@H](N(CF)C(=O)COc3ccccc3)C(=O)N2[C@H]1C(=O)OCc1ccccc1. The van der Waals surface area contributed by atoms with Gasteiger partial charge < -0.3 is 14.4 Å². The minimum absolute atomic E-state index is 0.0962. The van der Waals surface area contributed by atoms with Crippen LogP contribution in [0, 0.1) is 0 Å². The normalized spacial score (nSPS) is 22.8. The van der Waals surface area contributed by atoms with Gasteiger partial charge >= 0.3 is 5.97 Å². The Morgan fingerprint density at radius 2 is 1.73 bits per heavy atom. The van der Waals surface area contributed by atoms with Crippen LogP contribution in [0.25, 0.3) is 0 Å². The number of amides is 2. The van der Waals surface area contributed by atoms with E-state index in [2.05, 4.69) is 0 Å². The van der Waals surface area contributed by atoms with E-state index in [1.807, 2.05) is 50.2 Å². The molecule has 0 spiro atoms. The molecule has 2 saturated heterocycles. The van der Waals surface area contributed by atoms with Gasteiger partial charge in [0.2, 0.25) is 5.91 Å². The molecule has 2 aliphatic heterocycles. The number of fused-ring (bicyclic) bond motifs is 1. The summed E-state index contributed by atoms with van der Waals surface area (Å²) >= 11 is 1.37. The molecule has 2 fully saturated rings. The number of benzene rings is 2. The van der Waals surface area contributed by atoms with Crippen LogP contribution in [0.1, 0.15) is 19.4 Å². The molecule has 0 aliphatic carbocycles. The number of para-hydroxylation sites is 1. The third-order valence-electron chi connectivity index (χ3n) is 5.75. The minimum atomic E-state index is -1.12. The third kappa shape index (κ3) is 4.55. The molecule has 2 aliphatic rings. The second kappa shape index (κ2) is 9.43. The molecular weight excluding hydrogens is 447 g/mol. The Hall–Kier alpha value is -3.07. The van der Waals surface area contributed by atoms with Crippen molar-refractivity contribution in [2.24, 2.45) is 0 Å². The van der Waals surface area contributed by atoms with Crippen LogP contribution in [-0.2, 0) is 25.7 Å². The van der Waals surface area contributed by atoms with Crippen LogP contribution < -0.4 is 4.74 Å². The molecule has 2 aromatic carbocycles. The van der Waals surface area contributed by atoms with Gasteiger partial charge in [0.1, 0.15) is 29.8 Å². The molecule has 2 aromatic rings. The lowest BCUT2D eigenvalue weighted by Crippen LogP contribution is -2.71. The largest absolute Gasteiger partial charge is 0.484 e. The van der Waals surface area contributed by atoms with Gasteiger partial charge in [0.15, 0.2) is 13.4 Å². The molecular formula is C24H25FN2O5S. The summed E-state index contributed by atoms with van der Waals surface area (Å²) in [4.78, 5) is 40.8. The molecule has 9 heteroatoms. The van der Waals surface area contributed by atoms with Crippen LogP contribution in [0.5, 0.6) is 5.75 Å². The summed E-state index contributed by atoms with van der Waals surface area (Å²) in [7, 11) is 0. The van der Waals surface area contributed by atoms with E-state index in [1.54, 1.807) is 24.3 Å². The van der Waals surface area contributed by atoms with Crippen molar-refractivity contribution in [1.29, 1.82) is 0 Å². The van der Waals surface area contributed by atoms with Gasteiger partial charge in [0.25, 0.3) is 5.91 Å². The van der Waals surface area contributed by atoms with Gasteiger partial charge in [0.05, 0.1) is 0 Å². The van der Waals surface area contributed by atoms with E-state index >= 15 is 0 Å². The van der Waals surface area contributed by atoms with Crippen molar-refractivity contribution < 1.29 is 28.2 Å². The summed E-state index contributed by atoms with van der Waals surface area (Å²) in [5, 5.41) is -0.529. The Kier molecular flexibility index (Phi) is 6.60. The summed E-state index contributed by atoms with van der Waals surface area (Å²) < 4.78 is 24.1. The fraction of sp³-hybridized carbons (Fsp3) is 0.375. The highest BCUT2D eigenvalue weighted by atomic mass is 32.2. The maximum Gasteiger partial charge on any atom is 0.330 e. The zero-order valence-electron chi connectivity index (χ0n) is 18.3. The van der Waals surface area contributed by atoms with Crippen molar-refractivity contribution >= 4 is 29.5 Å². The van der Waals surface area contributed by atoms with Crippen LogP contribution in [0.15, 0.2) is 60.7 Å². The fourth-order valence-electron chi connectivity index (χ4n) is 4.11. The highest BCUT2D eigenvalue weighted by molar-refractivity contribution is 8.01. The molecule has 0 unspecified atom stereocenters. The smallest absolute Gasteiger partial charge is 0.330 e. The van der Waals surface area contributed by atoms with Gasteiger partial charge in [-0.25, -0.2) is 9.18 Å². The topological polar surface area (TPSA) is 76.2 Å². The molecule has 2 heterocycles. The summed E-state index contributed by atoms with van der Waals surface area (Å²) in [5.41, 5.74) is 0.839. The summed E-state index contributed by atoms with van der Waals surface area (Å²) in [6.07, 6.45) is 0. The quantitative estimate of drug-likeness (QED) is 0.334. The Bertz CT molecular complexity index is 1020. The predicted molar refractivity (Wildman–Crippen MR) is 121 cm³/mol. The average Bonchev–Trinajstić information content (AvgIpc) is 3.07. The summed E-state index contributed by atoms with van der Waals surface area (Å²) in [6, 6.07) is 16.1. The molecule has 3 atom stereocenters. The number of carbonyl (C=O) groups excluding carboxylic acids is 3. The van der Waals surface area contributed by atoms with E-state index in [9.17, 15) is 18.8 Å². The lowest BCUT2D eigenvalue weighted by Gasteiger charge is -2.47. The van der Waals surface area contributed by atoms with Crippen molar-refractivity contribution in [3.8, 4) is 5.75 Å². The van der Waals surface area contributed by atoms with Gasteiger partial charge in [-0.15, -0.1) is 11.8 Å². The highest BCUT2D eigenvalue weighted by Gasteiger charge is 2.66. The second-order valence-corrected chi connectivity index (χ2v) is 10.2. The highest BCUT2D eigenvalue weighted by Crippen LogP contribution is 2.52. The number of thioether (sulfide) groups is 1. The molecule has 0 saturated carbocycles. The number of rotatable bonds is 8. The maximum absolute atomic E-state index is 13.9. The van der Waals surface area contributed by atoms with E-state index in [0.717, 1.165) is 10.5 Å². The standard InChI is InChI=1S/C24H25FN2O5S/c1-24(2)20(23(30)32-13-16-9-5-3-6-10-16)27-21(29)19(22(27)33-24)26(15-25)18(28)14-31-17-11-7-4-8-12-17/h3-12,19-20,22H,13-15H2,1-2H3/t19-,20+,22-/m1/s1. The van der Waals surface area contributed by atoms with E-state index < -0.39 is 46.8 Å². The lowest BCUT2D eigenvalue weighted by molar-refractivity contribution is -0.173. The van der Waals surface area contributed by atoms with Crippen LogP contribution in [0.4, 0.5) is 4.39 Å². The maximum atomic E-state index is 13.9. The Morgan fingerprint density at radius 3 is 2.36 bits per heavy atom. The van der Waals surface area contributed by atoms with Gasteiger partial charge in [0, 0.05) is 4.75 Å². The van der Waals surface area contributed by atoms with Gasteiger partial charge in [-0.05, 0) is 31.5 Å². The molecule has 4 rings (SSSR count). The summed E-state index contributed by atoms with van der Waals surface area (Å²) in [5.74, 6) is -1.14. The van der Waals surface area contributed by atoms with Gasteiger partial charge in [-0.3, -0.25) is 14.5 Å². The van der Waals surface area contributed by atoms with Crippen molar-refractivity contribution in [2.75, 3.05) is 13.4 Å². The van der Waals surface area contributed by atoms with Crippen molar-refractivity contribution in [3.63, 3.8) is 0 Å². The monoisotopic (exact) mass is 472 g/mol. The molecule has 0 aromatic heterocycles. The zero-order chi connectivity index (χ0) is 23.6. The van der Waals surface area contributed by atoms with Crippen molar-refractivity contribution in [2.45, 2.75) is 42.7 Å². The Morgan fingerprint density at radius 1 is 1.09 bits per heavy atom. The Balaban J connectivity index is 1.42. The van der Waals surface area contributed by atoms with E-state index in [4.69, 9.17) is 9.47 Å². The first kappa shape index (κ1) is 23.1. The molecule has 0 N–H and O–H groups in total. The number of hydrogen-bond acceptors (Lipinski definition) is 6. The first-order valence-corrected chi connectivity index (χ1v) is 11.5. The minimum Gasteiger partial charge on any atom is -0.484 e. The first-order chi connectivity index (χ1) is 15.8. The molecule has 7 nitrogen and oxygen atoms in total.